The second-order valence-electron chi connectivity index (χ2n) is 5.42. The van der Waals surface area contributed by atoms with Gasteiger partial charge in [-0.15, -0.1) is 12.4 Å². The van der Waals surface area contributed by atoms with Crippen LogP contribution in [0.4, 0.5) is 0 Å². The number of amides is 1. The van der Waals surface area contributed by atoms with E-state index in [0.29, 0.717) is 24.7 Å². The molecule has 5 nitrogen and oxygen atoms in total. The van der Waals surface area contributed by atoms with Crippen LogP contribution in [-0.2, 0) is 4.74 Å². The first-order valence-corrected chi connectivity index (χ1v) is 7.44. The quantitative estimate of drug-likeness (QED) is 0.783. The van der Waals surface area contributed by atoms with Gasteiger partial charge in [0.05, 0.1) is 6.61 Å². The van der Waals surface area contributed by atoms with Gasteiger partial charge in [-0.05, 0) is 43.1 Å². The highest BCUT2D eigenvalue weighted by molar-refractivity contribution is 5.94. The van der Waals surface area contributed by atoms with Crippen LogP contribution in [0.25, 0.3) is 0 Å². The summed E-state index contributed by atoms with van der Waals surface area (Å²) in [6, 6.07) is 7.40. The third-order valence-electron chi connectivity index (χ3n) is 3.82. The lowest BCUT2D eigenvalue weighted by Crippen LogP contribution is -2.50. The lowest BCUT2D eigenvalue weighted by molar-refractivity contribution is 0.0915. The van der Waals surface area contributed by atoms with Gasteiger partial charge in [0.2, 0.25) is 0 Å². The molecule has 2 unspecified atom stereocenters. The summed E-state index contributed by atoms with van der Waals surface area (Å²) >= 11 is 0. The zero-order chi connectivity index (χ0) is 15.1. The third-order valence-corrected chi connectivity index (χ3v) is 3.82. The van der Waals surface area contributed by atoms with Gasteiger partial charge in [0.1, 0.15) is 12.4 Å². The molecule has 2 atom stereocenters. The minimum absolute atomic E-state index is 0. The van der Waals surface area contributed by atoms with E-state index in [-0.39, 0.29) is 24.4 Å². The Morgan fingerprint density at radius 1 is 1.32 bits per heavy atom. The Balaban J connectivity index is 0.00000242. The number of halogens is 1. The third kappa shape index (κ3) is 5.48. The molecule has 2 N–H and O–H groups in total. The Morgan fingerprint density at radius 3 is 2.68 bits per heavy atom. The van der Waals surface area contributed by atoms with Crippen molar-refractivity contribution in [2.75, 3.05) is 33.4 Å². The van der Waals surface area contributed by atoms with E-state index in [1.54, 1.807) is 19.2 Å². The maximum Gasteiger partial charge on any atom is 0.251 e. The number of carbonyl (C=O) groups is 1. The average molecular weight is 329 g/mol. The van der Waals surface area contributed by atoms with Gasteiger partial charge in [-0.1, -0.05) is 6.92 Å². The van der Waals surface area contributed by atoms with Crippen molar-refractivity contribution in [1.82, 2.24) is 10.6 Å². The van der Waals surface area contributed by atoms with Crippen LogP contribution in [0.2, 0.25) is 0 Å². The predicted octanol–water partition coefficient (Wildman–Crippen LogP) is 1.86. The number of hydrogen-bond donors (Lipinski definition) is 2. The second kappa shape index (κ2) is 9.66. The van der Waals surface area contributed by atoms with E-state index in [0.717, 1.165) is 25.3 Å². The molecule has 0 spiro atoms. The molecule has 1 saturated heterocycles. The number of piperidine rings is 1. The van der Waals surface area contributed by atoms with E-state index in [1.807, 2.05) is 12.1 Å². The molecule has 1 aliphatic rings. The minimum atomic E-state index is -0.0287. The molecule has 124 valence electrons. The van der Waals surface area contributed by atoms with Crippen LogP contribution in [0.5, 0.6) is 5.75 Å². The Hall–Kier alpha value is -1.30. The smallest absolute Gasteiger partial charge is 0.251 e. The molecule has 0 aromatic heterocycles. The summed E-state index contributed by atoms with van der Waals surface area (Å²) in [4.78, 5) is 12.2. The molecule has 22 heavy (non-hydrogen) atoms. The molecule has 1 aliphatic heterocycles. The maximum absolute atomic E-state index is 12.2. The Bertz CT molecular complexity index is 453. The van der Waals surface area contributed by atoms with Gasteiger partial charge in [-0.2, -0.15) is 0 Å². The Morgan fingerprint density at radius 2 is 2.05 bits per heavy atom. The molecule has 1 aromatic rings. The SMILES string of the molecule is COCCOc1ccc(C(=O)NC2CNCCC2C)cc1.Cl. The molecular weight excluding hydrogens is 304 g/mol. The van der Waals surface area contributed by atoms with Crippen LogP contribution in [0.15, 0.2) is 24.3 Å². The number of carbonyl (C=O) groups excluding carboxylic acids is 1. The van der Waals surface area contributed by atoms with E-state index in [9.17, 15) is 4.79 Å². The van der Waals surface area contributed by atoms with Crippen LogP contribution in [0, 0.1) is 5.92 Å². The van der Waals surface area contributed by atoms with E-state index in [4.69, 9.17) is 9.47 Å². The van der Waals surface area contributed by atoms with Crippen molar-refractivity contribution in [1.29, 1.82) is 0 Å². The fourth-order valence-electron chi connectivity index (χ4n) is 2.38. The summed E-state index contributed by atoms with van der Waals surface area (Å²) in [5.74, 6) is 1.22. The predicted molar refractivity (Wildman–Crippen MR) is 89.0 cm³/mol. The number of nitrogens with one attached hydrogen (secondary N) is 2. The molecule has 0 aliphatic carbocycles. The van der Waals surface area contributed by atoms with Gasteiger partial charge in [-0.3, -0.25) is 4.79 Å². The van der Waals surface area contributed by atoms with E-state index in [2.05, 4.69) is 17.6 Å². The van der Waals surface area contributed by atoms with Crippen molar-refractivity contribution in [2.45, 2.75) is 19.4 Å². The first-order valence-electron chi connectivity index (χ1n) is 7.44. The molecule has 0 bridgehead atoms. The fraction of sp³-hybridized carbons (Fsp3) is 0.562. The molecule has 2 rings (SSSR count). The lowest BCUT2D eigenvalue weighted by Gasteiger charge is -2.30. The Labute approximate surface area is 138 Å². The summed E-state index contributed by atoms with van der Waals surface area (Å²) in [7, 11) is 1.64. The topological polar surface area (TPSA) is 59.6 Å². The number of rotatable bonds is 6. The van der Waals surface area contributed by atoms with Crippen LogP contribution in [-0.4, -0.2) is 45.4 Å². The maximum atomic E-state index is 12.2. The number of methoxy groups -OCH3 is 1. The summed E-state index contributed by atoms with van der Waals surface area (Å²) < 4.78 is 10.4. The summed E-state index contributed by atoms with van der Waals surface area (Å²) in [6.45, 7) is 5.10. The van der Waals surface area contributed by atoms with Crippen molar-refractivity contribution in [3.63, 3.8) is 0 Å². The first-order chi connectivity index (χ1) is 10.2. The fourth-order valence-corrected chi connectivity index (χ4v) is 2.38. The van der Waals surface area contributed by atoms with Crippen LogP contribution in [0.1, 0.15) is 23.7 Å². The molecule has 0 saturated carbocycles. The van der Waals surface area contributed by atoms with Crippen molar-refractivity contribution < 1.29 is 14.3 Å². The second-order valence-corrected chi connectivity index (χ2v) is 5.42. The van der Waals surface area contributed by atoms with Gasteiger partial charge < -0.3 is 20.1 Å². The molecule has 1 heterocycles. The van der Waals surface area contributed by atoms with Gasteiger partial charge in [0.25, 0.3) is 5.91 Å². The van der Waals surface area contributed by atoms with Gasteiger partial charge in [0, 0.05) is 25.3 Å². The van der Waals surface area contributed by atoms with Crippen molar-refractivity contribution in [3.05, 3.63) is 29.8 Å². The number of hydrogen-bond acceptors (Lipinski definition) is 4. The zero-order valence-corrected chi connectivity index (χ0v) is 13.9. The largest absolute Gasteiger partial charge is 0.491 e. The van der Waals surface area contributed by atoms with Crippen molar-refractivity contribution >= 4 is 18.3 Å². The highest BCUT2D eigenvalue weighted by Crippen LogP contribution is 2.14. The van der Waals surface area contributed by atoms with Gasteiger partial charge >= 0.3 is 0 Å². The number of ether oxygens (including phenoxy) is 2. The summed E-state index contributed by atoms with van der Waals surface area (Å²) in [5, 5.41) is 6.41. The first kappa shape index (κ1) is 18.7. The highest BCUT2D eigenvalue weighted by atomic mass is 35.5. The standard InChI is InChI=1S/C16H24N2O3.ClH/c1-12-7-8-17-11-15(12)18-16(19)13-3-5-14(6-4-13)21-10-9-20-2;/h3-6,12,15,17H,7-11H2,1-2H3,(H,18,19);1H. The lowest BCUT2D eigenvalue weighted by atomic mass is 9.94. The molecular formula is C16H25ClN2O3. The van der Waals surface area contributed by atoms with Gasteiger partial charge in [0.15, 0.2) is 0 Å². The van der Waals surface area contributed by atoms with E-state index < -0.39 is 0 Å². The molecule has 1 fully saturated rings. The molecule has 0 radical (unpaired) electrons. The van der Waals surface area contributed by atoms with Crippen LogP contribution >= 0.6 is 12.4 Å². The molecule has 6 heteroatoms. The average Bonchev–Trinajstić information content (AvgIpc) is 2.50. The Kier molecular flexibility index (Phi) is 8.24. The van der Waals surface area contributed by atoms with E-state index >= 15 is 0 Å². The molecule has 1 amide bonds. The van der Waals surface area contributed by atoms with Crippen LogP contribution < -0.4 is 15.4 Å². The monoisotopic (exact) mass is 328 g/mol. The van der Waals surface area contributed by atoms with Gasteiger partial charge in [-0.25, -0.2) is 0 Å². The van der Waals surface area contributed by atoms with Crippen molar-refractivity contribution in [2.24, 2.45) is 5.92 Å². The summed E-state index contributed by atoms with van der Waals surface area (Å²) in [5.41, 5.74) is 0.659. The van der Waals surface area contributed by atoms with E-state index in [1.165, 1.54) is 0 Å². The number of benzene rings is 1. The summed E-state index contributed by atoms with van der Waals surface area (Å²) in [6.07, 6.45) is 1.09. The minimum Gasteiger partial charge on any atom is -0.491 e. The highest BCUT2D eigenvalue weighted by Gasteiger charge is 2.22. The van der Waals surface area contributed by atoms with Crippen LogP contribution in [0.3, 0.4) is 0 Å². The van der Waals surface area contributed by atoms with Crippen molar-refractivity contribution in [3.8, 4) is 5.75 Å². The molecule has 1 aromatic carbocycles. The normalized spacial score (nSPS) is 20.8. The zero-order valence-electron chi connectivity index (χ0n) is 13.1.